The quantitative estimate of drug-likeness (QED) is 0.540. The summed E-state index contributed by atoms with van der Waals surface area (Å²) in [6.07, 6.45) is 8.68. The predicted octanol–water partition coefficient (Wildman–Crippen LogP) is 2.74. The van der Waals surface area contributed by atoms with Crippen LogP contribution in [-0.2, 0) is 4.79 Å². The van der Waals surface area contributed by atoms with Gasteiger partial charge in [0.15, 0.2) is 12.0 Å². The molecule has 2 aliphatic heterocycles. The summed E-state index contributed by atoms with van der Waals surface area (Å²) in [6, 6.07) is 2.16. The summed E-state index contributed by atoms with van der Waals surface area (Å²) >= 11 is 0. The summed E-state index contributed by atoms with van der Waals surface area (Å²) < 4.78 is 0. The van der Waals surface area contributed by atoms with Gasteiger partial charge in [0.1, 0.15) is 17.5 Å². The second-order valence-electron chi connectivity index (χ2n) is 10.9. The lowest BCUT2D eigenvalue weighted by molar-refractivity contribution is -0.114. The number of Topliss-reactive ketones (excluding diaryl/α,β-unsaturated/α-hetero) is 1. The first-order valence-corrected chi connectivity index (χ1v) is 13.7. The normalized spacial score (nSPS) is 20.8. The number of ketones is 1. The fourth-order valence-corrected chi connectivity index (χ4v) is 5.87. The van der Waals surface area contributed by atoms with E-state index in [1.807, 2.05) is 24.1 Å². The van der Waals surface area contributed by atoms with Crippen LogP contribution in [0.25, 0.3) is 5.57 Å². The predicted molar refractivity (Wildman–Crippen MR) is 151 cm³/mol. The molecule has 5 rings (SSSR count). The minimum atomic E-state index is -0.944. The van der Waals surface area contributed by atoms with Crippen molar-refractivity contribution in [2.45, 2.75) is 51.8 Å². The van der Waals surface area contributed by atoms with Gasteiger partial charge in [-0.1, -0.05) is 12.8 Å². The topological polar surface area (TPSA) is 101 Å². The average Bonchev–Trinajstić information content (AvgIpc) is 3.42. The van der Waals surface area contributed by atoms with Crippen LogP contribution in [0.5, 0.6) is 0 Å². The van der Waals surface area contributed by atoms with Crippen molar-refractivity contribution < 1.29 is 9.90 Å². The Labute approximate surface area is 225 Å². The van der Waals surface area contributed by atoms with E-state index in [1.54, 1.807) is 12.4 Å². The van der Waals surface area contributed by atoms with Gasteiger partial charge in [-0.05, 0) is 46.4 Å². The zero-order valence-electron chi connectivity index (χ0n) is 23.0. The number of hydrogen-bond acceptors (Lipinski definition) is 10. The van der Waals surface area contributed by atoms with E-state index in [1.165, 1.54) is 6.92 Å². The number of aromatic nitrogens is 3. The molecule has 10 heteroatoms. The van der Waals surface area contributed by atoms with Crippen LogP contribution in [0.3, 0.4) is 0 Å². The molecule has 0 radical (unpaired) electrons. The van der Waals surface area contributed by atoms with E-state index in [0.29, 0.717) is 17.2 Å². The summed E-state index contributed by atoms with van der Waals surface area (Å²) in [6.45, 7) is 9.51. The molecule has 1 saturated heterocycles. The standard InChI is InChI=1S/C28H40N8O2/c1-19-22-16-29-24(15-23(22)36(21-7-5-6-8-21)28(38)27(19)20(2)37)32-25-17-31-26(18-30-25)35-13-11-34(12-14-35)10-9-33(3)4/h15-18,21,28,38H,5-14H2,1-4H3,(H,29,30,32). The van der Waals surface area contributed by atoms with Crippen LogP contribution in [0.4, 0.5) is 23.1 Å². The summed E-state index contributed by atoms with van der Waals surface area (Å²) in [4.78, 5) is 35.3. The van der Waals surface area contributed by atoms with E-state index in [4.69, 9.17) is 0 Å². The maximum atomic E-state index is 12.4. The zero-order chi connectivity index (χ0) is 26.8. The molecule has 0 bridgehead atoms. The first-order chi connectivity index (χ1) is 18.3. The van der Waals surface area contributed by atoms with Crippen LogP contribution in [-0.4, -0.2) is 101 Å². The van der Waals surface area contributed by atoms with Gasteiger partial charge in [-0.25, -0.2) is 15.0 Å². The molecule has 2 fully saturated rings. The molecule has 0 aromatic carbocycles. The largest absolute Gasteiger partial charge is 0.369 e. The molecular weight excluding hydrogens is 480 g/mol. The number of aliphatic hydroxyl groups excluding tert-OH is 1. The number of pyridine rings is 1. The van der Waals surface area contributed by atoms with Gasteiger partial charge in [-0.3, -0.25) is 9.69 Å². The number of aliphatic hydroxyl groups is 1. The molecule has 3 aliphatic rings. The first kappa shape index (κ1) is 26.5. The van der Waals surface area contributed by atoms with Crippen LogP contribution in [0, 0.1) is 0 Å². The van der Waals surface area contributed by atoms with Crippen molar-refractivity contribution in [2.75, 3.05) is 68.5 Å². The Morgan fingerprint density at radius 3 is 2.39 bits per heavy atom. The molecular formula is C28H40N8O2. The Morgan fingerprint density at radius 2 is 1.76 bits per heavy atom. The fourth-order valence-electron chi connectivity index (χ4n) is 5.87. The maximum Gasteiger partial charge on any atom is 0.160 e. The average molecular weight is 521 g/mol. The second kappa shape index (κ2) is 11.3. The van der Waals surface area contributed by atoms with Gasteiger partial charge in [0.25, 0.3) is 0 Å². The second-order valence-corrected chi connectivity index (χ2v) is 10.9. The van der Waals surface area contributed by atoms with Gasteiger partial charge >= 0.3 is 0 Å². The number of carbonyl (C=O) groups excluding carboxylic acids is 1. The number of likely N-dealkylation sites (N-methyl/N-ethyl adjacent to an activating group) is 1. The van der Waals surface area contributed by atoms with Gasteiger partial charge in [0, 0.05) is 68.7 Å². The van der Waals surface area contributed by atoms with Gasteiger partial charge < -0.3 is 25.1 Å². The van der Waals surface area contributed by atoms with Gasteiger partial charge in [0.05, 0.1) is 18.1 Å². The number of piperazine rings is 1. The molecule has 0 spiro atoms. The number of nitrogens with one attached hydrogen (secondary N) is 1. The lowest BCUT2D eigenvalue weighted by Crippen LogP contribution is -2.48. The molecule has 4 heterocycles. The van der Waals surface area contributed by atoms with Crippen molar-refractivity contribution in [3.8, 4) is 0 Å². The third kappa shape index (κ3) is 5.52. The summed E-state index contributed by atoms with van der Waals surface area (Å²) in [7, 11) is 4.22. The molecule has 1 atom stereocenters. The Bertz CT molecular complexity index is 1170. The third-order valence-corrected chi connectivity index (χ3v) is 8.04. The highest BCUT2D eigenvalue weighted by molar-refractivity contribution is 6.05. The van der Waals surface area contributed by atoms with Crippen LogP contribution >= 0.6 is 0 Å². The van der Waals surface area contributed by atoms with Crippen molar-refractivity contribution >= 4 is 34.5 Å². The first-order valence-electron chi connectivity index (χ1n) is 13.7. The van der Waals surface area contributed by atoms with E-state index in [2.05, 4.69) is 49.1 Å². The lowest BCUT2D eigenvalue weighted by Gasteiger charge is -2.41. The summed E-state index contributed by atoms with van der Waals surface area (Å²) in [5.74, 6) is 2.03. The Morgan fingerprint density at radius 1 is 1.05 bits per heavy atom. The number of rotatable bonds is 8. The molecule has 1 unspecified atom stereocenters. The number of allylic oxidation sites excluding steroid dienone is 1. The van der Waals surface area contributed by atoms with E-state index in [0.717, 1.165) is 87.6 Å². The molecule has 38 heavy (non-hydrogen) atoms. The smallest absolute Gasteiger partial charge is 0.160 e. The number of hydrogen-bond donors (Lipinski definition) is 2. The minimum Gasteiger partial charge on any atom is -0.369 e. The molecule has 204 valence electrons. The highest BCUT2D eigenvalue weighted by Crippen LogP contribution is 2.42. The van der Waals surface area contributed by atoms with Crippen molar-refractivity contribution in [3.05, 3.63) is 35.8 Å². The Hall–Kier alpha value is -3.08. The molecule has 2 aromatic rings. The monoisotopic (exact) mass is 520 g/mol. The van der Waals surface area contributed by atoms with Gasteiger partial charge in [-0.2, -0.15) is 0 Å². The van der Waals surface area contributed by atoms with Crippen molar-refractivity contribution in [1.82, 2.24) is 24.8 Å². The molecule has 0 amide bonds. The highest BCUT2D eigenvalue weighted by Gasteiger charge is 2.37. The van der Waals surface area contributed by atoms with Crippen LogP contribution in [0.2, 0.25) is 0 Å². The summed E-state index contributed by atoms with van der Waals surface area (Å²) in [5.41, 5.74) is 3.05. The van der Waals surface area contributed by atoms with E-state index in [9.17, 15) is 9.90 Å². The van der Waals surface area contributed by atoms with Crippen molar-refractivity contribution in [3.63, 3.8) is 0 Å². The number of anilines is 4. The van der Waals surface area contributed by atoms with Gasteiger partial charge in [-0.15, -0.1) is 0 Å². The van der Waals surface area contributed by atoms with Crippen molar-refractivity contribution in [2.24, 2.45) is 0 Å². The molecule has 1 aliphatic carbocycles. The summed E-state index contributed by atoms with van der Waals surface area (Å²) in [5, 5.41) is 14.5. The van der Waals surface area contributed by atoms with Crippen LogP contribution < -0.4 is 15.1 Å². The van der Waals surface area contributed by atoms with E-state index < -0.39 is 6.23 Å². The lowest BCUT2D eigenvalue weighted by atomic mass is 9.91. The van der Waals surface area contributed by atoms with Crippen LogP contribution in [0.1, 0.15) is 45.1 Å². The molecule has 2 N–H and O–H groups in total. The maximum absolute atomic E-state index is 12.4. The van der Waals surface area contributed by atoms with Crippen molar-refractivity contribution in [1.29, 1.82) is 0 Å². The number of fused-ring (bicyclic) bond motifs is 1. The SMILES string of the molecule is CC(=O)C1=C(C)c2cnc(Nc3cnc(N4CCN(CCN(C)C)CC4)cn3)cc2N(C2CCCC2)C1O. The number of nitrogens with zero attached hydrogens (tertiary/aromatic N) is 7. The van der Waals surface area contributed by atoms with Gasteiger partial charge in [0.2, 0.25) is 0 Å². The zero-order valence-corrected chi connectivity index (χ0v) is 23.0. The Balaban J connectivity index is 1.30. The third-order valence-electron chi connectivity index (χ3n) is 8.04. The van der Waals surface area contributed by atoms with E-state index in [-0.39, 0.29) is 11.8 Å². The Kier molecular flexibility index (Phi) is 7.92. The fraction of sp³-hybridized carbons (Fsp3) is 0.571. The van der Waals surface area contributed by atoms with E-state index >= 15 is 0 Å². The minimum absolute atomic E-state index is 0.101. The molecule has 1 saturated carbocycles. The molecule has 2 aromatic heterocycles. The highest BCUT2D eigenvalue weighted by atomic mass is 16.3. The van der Waals surface area contributed by atoms with Crippen LogP contribution in [0.15, 0.2) is 30.2 Å². The molecule has 10 nitrogen and oxygen atoms in total. The number of carbonyl (C=O) groups is 1.